The first-order valence-corrected chi connectivity index (χ1v) is 9.59. The third kappa shape index (κ3) is 4.86. The highest BCUT2D eigenvalue weighted by Crippen LogP contribution is 2.28. The number of benzene rings is 2. The maximum atomic E-state index is 12.3. The zero-order valence-electron chi connectivity index (χ0n) is 15.2. The first-order chi connectivity index (χ1) is 13.5. The molecule has 2 aromatic rings. The Labute approximate surface area is 173 Å². The van der Waals surface area contributed by atoms with Crippen LogP contribution in [0.2, 0.25) is 10.0 Å². The van der Waals surface area contributed by atoms with Gasteiger partial charge in [0.2, 0.25) is 11.8 Å². The van der Waals surface area contributed by atoms with E-state index in [1.54, 1.807) is 47.4 Å². The molecule has 1 unspecified atom stereocenters. The number of nitrogens with one attached hydrogen (secondary N) is 1. The van der Waals surface area contributed by atoms with E-state index in [-0.39, 0.29) is 24.2 Å². The summed E-state index contributed by atoms with van der Waals surface area (Å²) in [5.74, 6) is 0.105. The number of ether oxygens (including phenoxy) is 1. The van der Waals surface area contributed by atoms with Gasteiger partial charge in [-0.05, 0) is 36.4 Å². The van der Waals surface area contributed by atoms with Gasteiger partial charge in [-0.15, -0.1) is 6.58 Å². The fraction of sp³-hybridized carbons (Fsp3) is 0.238. The summed E-state index contributed by atoms with van der Waals surface area (Å²) >= 11 is 12.0. The van der Waals surface area contributed by atoms with E-state index in [0.29, 0.717) is 35.5 Å². The van der Waals surface area contributed by atoms with Crippen LogP contribution in [0.25, 0.3) is 0 Å². The smallest absolute Gasteiger partial charge is 0.227 e. The first kappa shape index (κ1) is 20.2. The molecule has 1 aliphatic rings. The number of hydrogen-bond donors (Lipinski definition) is 1. The van der Waals surface area contributed by atoms with Crippen molar-refractivity contribution >= 4 is 40.7 Å². The Morgan fingerprint density at radius 2 is 2.00 bits per heavy atom. The second-order valence-corrected chi connectivity index (χ2v) is 7.30. The van der Waals surface area contributed by atoms with Crippen molar-refractivity contribution in [1.29, 1.82) is 0 Å². The predicted molar refractivity (Wildman–Crippen MR) is 111 cm³/mol. The highest BCUT2D eigenvalue weighted by Gasteiger charge is 2.34. The molecule has 5 nitrogen and oxygen atoms in total. The van der Waals surface area contributed by atoms with Crippen LogP contribution in [0.4, 0.5) is 5.69 Å². The number of hydrogen-bond acceptors (Lipinski definition) is 3. The van der Waals surface area contributed by atoms with E-state index in [4.69, 9.17) is 27.9 Å². The lowest BCUT2D eigenvalue weighted by Crippen LogP contribution is -2.32. The van der Waals surface area contributed by atoms with Crippen LogP contribution in [-0.4, -0.2) is 24.9 Å². The van der Waals surface area contributed by atoms with Gasteiger partial charge < -0.3 is 15.0 Å². The maximum Gasteiger partial charge on any atom is 0.227 e. The zero-order chi connectivity index (χ0) is 20.1. The van der Waals surface area contributed by atoms with Gasteiger partial charge in [-0.3, -0.25) is 9.59 Å². The van der Waals surface area contributed by atoms with Crippen molar-refractivity contribution in [2.24, 2.45) is 5.92 Å². The first-order valence-electron chi connectivity index (χ1n) is 8.83. The molecule has 1 fully saturated rings. The molecule has 0 saturated carbocycles. The van der Waals surface area contributed by atoms with Crippen LogP contribution < -0.4 is 15.0 Å². The van der Waals surface area contributed by atoms with Gasteiger partial charge in [0.25, 0.3) is 0 Å². The largest absolute Gasteiger partial charge is 0.489 e. The molecule has 28 heavy (non-hydrogen) atoms. The van der Waals surface area contributed by atoms with E-state index < -0.39 is 0 Å². The molecule has 2 amide bonds. The van der Waals surface area contributed by atoms with E-state index in [1.165, 1.54) is 0 Å². The molecule has 0 spiro atoms. The van der Waals surface area contributed by atoms with Gasteiger partial charge in [0.05, 0.1) is 5.92 Å². The van der Waals surface area contributed by atoms with Crippen LogP contribution in [0.15, 0.2) is 55.1 Å². The molecule has 1 heterocycles. The van der Waals surface area contributed by atoms with Gasteiger partial charge in [-0.25, -0.2) is 0 Å². The number of carbonyl (C=O) groups is 2. The van der Waals surface area contributed by atoms with E-state index in [9.17, 15) is 9.59 Å². The molecule has 1 aliphatic heterocycles. The highest BCUT2D eigenvalue weighted by molar-refractivity contribution is 6.35. The van der Waals surface area contributed by atoms with Crippen molar-refractivity contribution in [3.8, 4) is 5.75 Å². The lowest BCUT2D eigenvalue weighted by atomic mass is 10.1. The van der Waals surface area contributed by atoms with Crippen molar-refractivity contribution in [3.05, 3.63) is 70.7 Å². The van der Waals surface area contributed by atoms with Crippen molar-refractivity contribution in [2.75, 3.05) is 18.0 Å². The van der Waals surface area contributed by atoms with Crippen LogP contribution >= 0.6 is 23.2 Å². The van der Waals surface area contributed by atoms with E-state index in [1.807, 2.05) is 6.07 Å². The zero-order valence-corrected chi connectivity index (χ0v) is 16.7. The van der Waals surface area contributed by atoms with Crippen molar-refractivity contribution in [3.63, 3.8) is 0 Å². The van der Waals surface area contributed by atoms with Crippen molar-refractivity contribution in [1.82, 2.24) is 5.32 Å². The molecule has 0 radical (unpaired) electrons. The fourth-order valence-electron chi connectivity index (χ4n) is 2.97. The summed E-state index contributed by atoms with van der Waals surface area (Å²) in [6.07, 6.45) is 1.82. The Hall–Kier alpha value is -2.50. The summed E-state index contributed by atoms with van der Waals surface area (Å²) in [6, 6.07) is 12.4. The quantitative estimate of drug-likeness (QED) is 0.684. The second kappa shape index (κ2) is 9.13. The summed E-state index contributed by atoms with van der Waals surface area (Å²) in [4.78, 5) is 26.0. The van der Waals surface area contributed by atoms with Crippen LogP contribution in [0, 0.1) is 5.92 Å². The maximum absolute atomic E-state index is 12.3. The van der Waals surface area contributed by atoms with Crippen molar-refractivity contribution < 1.29 is 14.3 Å². The number of amides is 2. The molecule has 2 aromatic carbocycles. The van der Waals surface area contributed by atoms with Gasteiger partial charge in [-0.2, -0.15) is 0 Å². The molecule has 146 valence electrons. The average molecular weight is 419 g/mol. The lowest BCUT2D eigenvalue weighted by molar-refractivity contribution is -0.126. The van der Waals surface area contributed by atoms with E-state index in [0.717, 1.165) is 11.3 Å². The summed E-state index contributed by atoms with van der Waals surface area (Å²) in [5.41, 5.74) is 1.57. The lowest BCUT2D eigenvalue weighted by Gasteiger charge is -2.17. The standard InChI is InChI=1S/C21H20Cl2N2O3/c1-2-9-24-21(27)15-10-20(26)25(12-15)17-5-7-18(8-6-17)28-13-14-3-4-16(22)11-19(14)23/h2-8,11,15H,1,9-10,12-13H2,(H,24,27). The topological polar surface area (TPSA) is 58.6 Å². The highest BCUT2D eigenvalue weighted by atomic mass is 35.5. The van der Waals surface area contributed by atoms with Gasteiger partial charge >= 0.3 is 0 Å². The average Bonchev–Trinajstić information content (AvgIpc) is 3.07. The van der Waals surface area contributed by atoms with Crippen LogP contribution in [0.3, 0.4) is 0 Å². The van der Waals surface area contributed by atoms with Gasteiger partial charge in [0.15, 0.2) is 0 Å². The summed E-state index contributed by atoms with van der Waals surface area (Å²) in [6.45, 7) is 4.64. The third-order valence-corrected chi connectivity index (χ3v) is 5.06. The van der Waals surface area contributed by atoms with Crippen LogP contribution in [0.5, 0.6) is 5.75 Å². The molecule has 0 aromatic heterocycles. The van der Waals surface area contributed by atoms with Crippen molar-refractivity contribution in [2.45, 2.75) is 13.0 Å². The summed E-state index contributed by atoms with van der Waals surface area (Å²) < 4.78 is 5.76. The molecular weight excluding hydrogens is 399 g/mol. The van der Waals surface area contributed by atoms with E-state index >= 15 is 0 Å². The number of anilines is 1. The molecular formula is C21H20Cl2N2O3. The second-order valence-electron chi connectivity index (χ2n) is 6.46. The number of halogens is 2. The number of carbonyl (C=O) groups excluding carboxylic acids is 2. The Morgan fingerprint density at radius 3 is 2.68 bits per heavy atom. The minimum absolute atomic E-state index is 0.0691. The minimum atomic E-state index is -0.351. The normalized spacial score (nSPS) is 16.1. The van der Waals surface area contributed by atoms with E-state index in [2.05, 4.69) is 11.9 Å². The van der Waals surface area contributed by atoms with Gasteiger partial charge in [0.1, 0.15) is 12.4 Å². The monoisotopic (exact) mass is 418 g/mol. The summed E-state index contributed by atoms with van der Waals surface area (Å²) in [5, 5.41) is 3.86. The van der Waals surface area contributed by atoms with Crippen LogP contribution in [0.1, 0.15) is 12.0 Å². The number of rotatable bonds is 7. The Balaban J connectivity index is 1.60. The molecule has 7 heteroatoms. The minimum Gasteiger partial charge on any atom is -0.489 e. The molecule has 1 atom stereocenters. The Kier molecular flexibility index (Phi) is 6.60. The SMILES string of the molecule is C=CCNC(=O)C1CC(=O)N(c2ccc(OCc3ccc(Cl)cc3Cl)cc2)C1. The molecule has 0 bridgehead atoms. The predicted octanol–water partition coefficient (Wildman–Crippen LogP) is 4.23. The third-order valence-electron chi connectivity index (χ3n) is 4.47. The molecule has 1 saturated heterocycles. The Morgan fingerprint density at radius 1 is 1.25 bits per heavy atom. The molecule has 3 rings (SSSR count). The molecule has 1 N–H and O–H groups in total. The summed E-state index contributed by atoms with van der Waals surface area (Å²) in [7, 11) is 0. The van der Waals surface area contributed by atoms with Gasteiger partial charge in [-0.1, -0.05) is 35.3 Å². The fourth-order valence-corrected chi connectivity index (χ4v) is 3.44. The number of nitrogens with zero attached hydrogens (tertiary/aromatic N) is 1. The molecule has 0 aliphatic carbocycles. The van der Waals surface area contributed by atoms with Crippen LogP contribution in [-0.2, 0) is 16.2 Å². The van der Waals surface area contributed by atoms with Gasteiger partial charge in [0, 0.05) is 40.8 Å². The Bertz CT molecular complexity index is 884.